The monoisotopic (exact) mass is 598 g/mol. The summed E-state index contributed by atoms with van der Waals surface area (Å²) < 4.78 is 216. The Labute approximate surface area is 205 Å². The second kappa shape index (κ2) is 11.1. The van der Waals surface area contributed by atoms with E-state index in [1.54, 1.807) is 0 Å². The molecule has 0 aliphatic heterocycles. The lowest BCUT2D eigenvalue weighted by Crippen LogP contribution is -2.74. The van der Waals surface area contributed by atoms with Gasteiger partial charge in [0.15, 0.2) is 6.61 Å². The second-order valence-corrected chi connectivity index (χ2v) is 9.04. The van der Waals surface area contributed by atoms with Gasteiger partial charge in [-0.2, -0.15) is 61.5 Å². The van der Waals surface area contributed by atoms with Crippen molar-refractivity contribution in [3.05, 3.63) is 0 Å². The van der Waals surface area contributed by atoms with Crippen LogP contribution in [-0.4, -0.2) is 60.5 Å². The predicted octanol–water partition coefficient (Wildman–Crippen LogP) is 8.24. The van der Waals surface area contributed by atoms with Crippen LogP contribution in [-0.2, 0) is 9.53 Å². The van der Waals surface area contributed by atoms with Crippen molar-refractivity contribution in [2.45, 2.75) is 99.8 Å². The molecule has 0 spiro atoms. The standard InChI is InChI=1S/C20H22F16O2/c1-2-3-10-4-6-11(7-5-10)8-12(37)38-9-14(23,24)16(27,28)18(31,32)20(35,36)19(33,34)17(29,30)15(25,26)13(21)22/h10-11,13H,2-9H2,1H3. The second-order valence-electron chi connectivity index (χ2n) is 9.04. The molecule has 18 heteroatoms. The zero-order valence-electron chi connectivity index (χ0n) is 19.3. The quantitative estimate of drug-likeness (QED) is 0.158. The first-order valence-electron chi connectivity index (χ1n) is 10.9. The SMILES string of the molecule is CCCC1CCC(CC(=O)OCC(F)(F)C(F)(F)C(F)(F)C(F)(F)C(F)(F)C(F)(F)C(F)(F)C(F)F)CC1. The lowest BCUT2D eigenvalue weighted by Gasteiger charge is -2.42. The van der Waals surface area contributed by atoms with Crippen LogP contribution >= 0.6 is 0 Å². The average Bonchev–Trinajstić information content (AvgIpc) is 2.78. The predicted molar refractivity (Wildman–Crippen MR) is 96.6 cm³/mol. The van der Waals surface area contributed by atoms with E-state index in [1.165, 1.54) is 0 Å². The molecule has 0 saturated heterocycles. The van der Waals surface area contributed by atoms with Crippen LogP contribution in [0.2, 0.25) is 0 Å². The molecular weight excluding hydrogens is 576 g/mol. The molecule has 0 aromatic rings. The zero-order chi connectivity index (χ0) is 30.2. The summed E-state index contributed by atoms with van der Waals surface area (Å²) in [6, 6.07) is 0. The van der Waals surface area contributed by atoms with E-state index in [1.807, 2.05) is 6.92 Å². The third-order valence-corrected chi connectivity index (χ3v) is 6.26. The number of carbonyl (C=O) groups excluding carboxylic acids is 1. The van der Waals surface area contributed by atoms with E-state index in [0.717, 1.165) is 12.8 Å². The minimum Gasteiger partial charge on any atom is -0.459 e. The number of halogens is 16. The number of ether oxygens (including phenoxy) is 1. The lowest BCUT2D eigenvalue weighted by molar-refractivity contribution is -0.447. The van der Waals surface area contributed by atoms with Crippen molar-refractivity contribution in [3.8, 4) is 0 Å². The van der Waals surface area contributed by atoms with Crippen LogP contribution in [0.1, 0.15) is 51.9 Å². The molecule has 0 aromatic heterocycles. The fraction of sp³-hybridized carbons (Fsp3) is 0.950. The molecule has 1 fully saturated rings. The smallest absolute Gasteiger partial charge is 0.385 e. The molecule has 0 unspecified atom stereocenters. The topological polar surface area (TPSA) is 26.3 Å². The number of hydrogen-bond acceptors (Lipinski definition) is 2. The van der Waals surface area contributed by atoms with Gasteiger partial charge < -0.3 is 4.74 Å². The van der Waals surface area contributed by atoms with E-state index in [-0.39, 0.29) is 0 Å². The molecule has 0 radical (unpaired) electrons. The molecule has 0 amide bonds. The van der Waals surface area contributed by atoms with Crippen LogP contribution in [0.15, 0.2) is 0 Å². The fourth-order valence-electron chi connectivity index (χ4n) is 3.86. The first-order valence-corrected chi connectivity index (χ1v) is 10.9. The summed E-state index contributed by atoms with van der Waals surface area (Å²) in [4.78, 5) is 11.7. The summed E-state index contributed by atoms with van der Waals surface area (Å²) in [6.07, 6.45) is -2.96. The van der Waals surface area contributed by atoms with E-state index < -0.39 is 72.8 Å². The van der Waals surface area contributed by atoms with Crippen LogP contribution in [0.25, 0.3) is 0 Å². The van der Waals surface area contributed by atoms with Crippen LogP contribution in [0.4, 0.5) is 70.2 Å². The van der Waals surface area contributed by atoms with Crippen molar-refractivity contribution < 1.29 is 79.8 Å². The number of alkyl halides is 16. The Bertz CT molecular complexity index is 803. The number of esters is 1. The Morgan fingerprint density at radius 3 is 1.50 bits per heavy atom. The maximum Gasteiger partial charge on any atom is 0.385 e. The van der Waals surface area contributed by atoms with E-state index >= 15 is 0 Å². The van der Waals surface area contributed by atoms with Crippen molar-refractivity contribution in [2.75, 3.05) is 6.61 Å². The number of carbonyl (C=O) groups is 1. The van der Waals surface area contributed by atoms with E-state index in [0.29, 0.717) is 31.6 Å². The maximum absolute atomic E-state index is 13.8. The van der Waals surface area contributed by atoms with Crippen molar-refractivity contribution in [1.29, 1.82) is 0 Å². The molecule has 1 aliphatic carbocycles. The molecule has 38 heavy (non-hydrogen) atoms. The maximum atomic E-state index is 13.8. The minimum absolute atomic E-state index is 0.297. The molecule has 0 heterocycles. The summed E-state index contributed by atoms with van der Waals surface area (Å²) in [5.74, 6) is -57.1. The highest BCUT2D eigenvalue weighted by atomic mass is 19.4. The minimum atomic E-state index is -8.46. The molecule has 0 aromatic carbocycles. The Balaban J connectivity index is 3.09. The van der Waals surface area contributed by atoms with Gasteiger partial charge in [-0.1, -0.05) is 32.6 Å². The van der Waals surface area contributed by atoms with Gasteiger partial charge in [0.1, 0.15) is 0 Å². The number of hydrogen-bond donors (Lipinski definition) is 0. The first-order chi connectivity index (χ1) is 16.8. The fourth-order valence-corrected chi connectivity index (χ4v) is 3.86. The van der Waals surface area contributed by atoms with Crippen LogP contribution in [0.3, 0.4) is 0 Å². The van der Waals surface area contributed by atoms with Crippen LogP contribution in [0.5, 0.6) is 0 Å². The van der Waals surface area contributed by atoms with Crippen molar-refractivity contribution in [3.63, 3.8) is 0 Å². The molecule has 1 rings (SSSR count). The van der Waals surface area contributed by atoms with Gasteiger partial charge in [-0.25, -0.2) is 8.78 Å². The van der Waals surface area contributed by atoms with Gasteiger partial charge in [0.2, 0.25) is 0 Å². The third-order valence-electron chi connectivity index (χ3n) is 6.26. The van der Waals surface area contributed by atoms with Gasteiger partial charge >= 0.3 is 53.9 Å². The van der Waals surface area contributed by atoms with Crippen molar-refractivity contribution in [1.82, 2.24) is 0 Å². The number of rotatable bonds is 13. The highest BCUT2D eigenvalue weighted by Crippen LogP contribution is 2.62. The van der Waals surface area contributed by atoms with Gasteiger partial charge in [0.25, 0.3) is 0 Å². The Morgan fingerprint density at radius 2 is 1.08 bits per heavy atom. The van der Waals surface area contributed by atoms with E-state index in [4.69, 9.17) is 0 Å². The van der Waals surface area contributed by atoms with Gasteiger partial charge in [-0.3, -0.25) is 4.79 Å². The average molecular weight is 598 g/mol. The Morgan fingerprint density at radius 1 is 0.684 bits per heavy atom. The third kappa shape index (κ3) is 5.77. The van der Waals surface area contributed by atoms with Gasteiger partial charge in [0, 0.05) is 6.42 Å². The van der Waals surface area contributed by atoms with Crippen molar-refractivity contribution >= 4 is 5.97 Å². The summed E-state index contributed by atoms with van der Waals surface area (Å²) in [5, 5.41) is 0. The summed E-state index contributed by atoms with van der Waals surface area (Å²) in [7, 11) is 0. The van der Waals surface area contributed by atoms with E-state index in [2.05, 4.69) is 4.74 Å². The Hall–Kier alpha value is -1.65. The molecule has 2 nitrogen and oxygen atoms in total. The van der Waals surface area contributed by atoms with Crippen LogP contribution < -0.4 is 0 Å². The molecule has 226 valence electrons. The largest absolute Gasteiger partial charge is 0.459 e. The molecule has 0 N–H and O–H groups in total. The van der Waals surface area contributed by atoms with Crippen LogP contribution in [0, 0.1) is 11.8 Å². The van der Waals surface area contributed by atoms with Gasteiger partial charge in [-0.15, -0.1) is 0 Å². The summed E-state index contributed by atoms with van der Waals surface area (Å²) in [5.41, 5.74) is 0. The lowest BCUT2D eigenvalue weighted by atomic mass is 9.79. The van der Waals surface area contributed by atoms with Crippen molar-refractivity contribution in [2.24, 2.45) is 11.8 Å². The molecule has 1 saturated carbocycles. The van der Waals surface area contributed by atoms with Gasteiger partial charge in [-0.05, 0) is 24.7 Å². The Kier molecular flexibility index (Phi) is 10.0. The first kappa shape index (κ1) is 34.4. The molecule has 0 bridgehead atoms. The molecular formula is C20H22F16O2. The zero-order valence-corrected chi connectivity index (χ0v) is 19.3. The highest BCUT2D eigenvalue weighted by molar-refractivity contribution is 5.69. The normalized spacial score (nSPS) is 21.1. The van der Waals surface area contributed by atoms with E-state index in [9.17, 15) is 75.0 Å². The molecule has 0 atom stereocenters. The van der Waals surface area contributed by atoms with Gasteiger partial charge in [0.05, 0.1) is 0 Å². The molecule has 1 aliphatic rings. The summed E-state index contributed by atoms with van der Waals surface area (Å²) >= 11 is 0. The highest BCUT2D eigenvalue weighted by Gasteiger charge is 2.93. The summed E-state index contributed by atoms with van der Waals surface area (Å²) in [6.45, 7) is -1.21.